The maximum absolute atomic E-state index is 12.5. The number of methoxy groups -OCH3 is 1. The van der Waals surface area contributed by atoms with E-state index in [0.29, 0.717) is 22.6 Å². The number of rotatable bonds is 6. The van der Waals surface area contributed by atoms with E-state index in [9.17, 15) is 14.9 Å². The first-order chi connectivity index (χ1) is 15.4. The lowest BCUT2D eigenvalue weighted by Gasteiger charge is -2.10. The van der Waals surface area contributed by atoms with Crippen LogP contribution in [-0.4, -0.2) is 19.0 Å². The summed E-state index contributed by atoms with van der Waals surface area (Å²) in [6.07, 6.45) is 1.42. The molecule has 6 heteroatoms. The van der Waals surface area contributed by atoms with Crippen molar-refractivity contribution in [3.05, 3.63) is 94.6 Å². The van der Waals surface area contributed by atoms with Gasteiger partial charge in [0, 0.05) is 5.69 Å². The SMILES string of the molecule is COc1ccc(/C=C(\C#N)C(=O)Nc2ccc(C)cc2)cc1OC(=O)c1ccc(C)cc1. The Bertz CT molecular complexity index is 1200. The largest absolute Gasteiger partial charge is 0.493 e. The number of ether oxygens (including phenoxy) is 2. The molecule has 0 radical (unpaired) electrons. The summed E-state index contributed by atoms with van der Waals surface area (Å²) in [5, 5.41) is 12.2. The monoisotopic (exact) mass is 426 g/mol. The van der Waals surface area contributed by atoms with E-state index in [4.69, 9.17) is 9.47 Å². The first kappa shape index (κ1) is 22.3. The zero-order valence-corrected chi connectivity index (χ0v) is 18.0. The molecule has 0 aliphatic rings. The van der Waals surface area contributed by atoms with Crippen molar-refractivity contribution in [1.82, 2.24) is 0 Å². The highest BCUT2D eigenvalue weighted by atomic mass is 16.6. The number of nitrogens with one attached hydrogen (secondary N) is 1. The van der Waals surface area contributed by atoms with Crippen LogP contribution in [0.3, 0.4) is 0 Å². The van der Waals surface area contributed by atoms with Crippen LogP contribution in [0, 0.1) is 25.2 Å². The molecule has 0 bridgehead atoms. The van der Waals surface area contributed by atoms with Gasteiger partial charge in [0.05, 0.1) is 12.7 Å². The van der Waals surface area contributed by atoms with E-state index in [2.05, 4.69) is 5.32 Å². The number of nitrogens with zero attached hydrogens (tertiary/aromatic N) is 1. The third-order valence-corrected chi connectivity index (χ3v) is 4.66. The van der Waals surface area contributed by atoms with Gasteiger partial charge in [-0.3, -0.25) is 4.79 Å². The van der Waals surface area contributed by atoms with Crippen LogP contribution >= 0.6 is 0 Å². The van der Waals surface area contributed by atoms with Gasteiger partial charge in [0.25, 0.3) is 5.91 Å². The summed E-state index contributed by atoms with van der Waals surface area (Å²) in [7, 11) is 1.46. The van der Waals surface area contributed by atoms with Gasteiger partial charge in [0.15, 0.2) is 11.5 Å². The molecule has 0 saturated carbocycles. The van der Waals surface area contributed by atoms with Crippen LogP contribution < -0.4 is 14.8 Å². The lowest BCUT2D eigenvalue weighted by Crippen LogP contribution is -2.13. The van der Waals surface area contributed by atoms with Crippen LogP contribution in [0.2, 0.25) is 0 Å². The highest BCUT2D eigenvalue weighted by Gasteiger charge is 2.14. The van der Waals surface area contributed by atoms with Crippen LogP contribution in [0.15, 0.2) is 72.3 Å². The van der Waals surface area contributed by atoms with Crippen LogP contribution in [-0.2, 0) is 4.79 Å². The van der Waals surface area contributed by atoms with E-state index in [1.165, 1.54) is 13.2 Å². The number of nitriles is 1. The lowest BCUT2D eigenvalue weighted by molar-refractivity contribution is -0.112. The van der Waals surface area contributed by atoms with E-state index >= 15 is 0 Å². The smallest absolute Gasteiger partial charge is 0.343 e. The maximum Gasteiger partial charge on any atom is 0.343 e. The Labute approximate surface area is 186 Å². The molecule has 160 valence electrons. The lowest BCUT2D eigenvalue weighted by atomic mass is 10.1. The molecular weight excluding hydrogens is 404 g/mol. The summed E-state index contributed by atoms with van der Waals surface area (Å²) < 4.78 is 10.8. The standard InChI is InChI=1S/C26H22N2O4/c1-17-4-9-20(10-5-17)26(30)32-24-15-19(8-13-23(24)31-3)14-21(16-27)25(29)28-22-11-6-18(2)7-12-22/h4-15H,1-3H3,(H,28,29)/b21-14+. The molecular formula is C26H22N2O4. The van der Waals surface area contributed by atoms with E-state index in [-0.39, 0.29) is 11.3 Å². The number of esters is 1. The Morgan fingerprint density at radius 2 is 1.53 bits per heavy atom. The number of hydrogen-bond donors (Lipinski definition) is 1. The molecule has 0 spiro atoms. The van der Waals surface area contributed by atoms with Gasteiger partial charge in [-0.25, -0.2) is 4.79 Å². The second kappa shape index (κ2) is 10.1. The Morgan fingerprint density at radius 1 is 0.906 bits per heavy atom. The Morgan fingerprint density at radius 3 is 2.12 bits per heavy atom. The average molecular weight is 426 g/mol. The average Bonchev–Trinajstić information content (AvgIpc) is 2.79. The molecule has 3 aromatic carbocycles. The van der Waals surface area contributed by atoms with Crippen LogP contribution in [0.5, 0.6) is 11.5 Å². The molecule has 0 fully saturated rings. The molecule has 3 aromatic rings. The van der Waals surface area contributed by atoms with Gasteiger partial charge in [-0.2, -0.15) is 5.26 Å². The van der Waals surface area contributed by atoms with Gasteiger partial charge in [0.1, 0.15) is 11.6 Å². The molecule has 0 unspecified atom stereocenters. The zero-order valence-electron chi connectivity index (χ0n) is 18.0. The first-order valence-electron chi connectivity index (χ1n) is 9.86. The van der Waals surface area contributed by atoms with Crippen molar-refractivity contribution >= 4 is 23.6 Å². The number of carbonyl (C=O) groups excluding carboxylic acids is 2. The van der Waals surface area contributed by atoms with Crippen molar-refractivity contribution in [2.24, 2.45) is 0 Å². The molecule has 0 saturated heterocycles. The second-order valence-corrected chi connectivity index (χ2v) is 7.16. The minimum absolute atomic E-state index is 0.0912. The highest BCUT2D eigenvalue weighted by Crippen LogP contribution is 2.30. The summed E-state index contributed by atoms with van der Waals surface area (Å²) in [6.45, 7) is 3.87. The molecule has 0 atom stereocenters. The Balaban J connectivity index is 1.83. The molecule has 0 aromatic heterocycles. The third kappa shape index (κ3) is 5.61. The van der Waals surface area contributed by atoms with Gasteiger partial charge < -0.3 is 14.8 Å². The minimum Gasteiger partial charge on any atom is -0.493 e. The van der Waals surface area contributed by atoms with E-state index in [1.54, 1.807) is 42.5 Å². The molecule has 1 amide bonds. The van der Waals surface area contributed by atoms with Crippen molar-refractivity contribution in [3.8, 4) is 17.6 Å². The van der Waals surface area contributed by atoms with Gasteiger partial charge in [-0.1, -0.05) is 41.5 Å². The summed E-state index contributed by atoms with van der Waals surface area (Å²) in [5.74, 6) is -0.541. The number of hydrogen-bond acceptors (Lipinski definition) is 5. The molecule has 0 heterocycles. The molecule has 0 aliphatic heterocycles. The van der Waals surface area contributed by atoms with Crippen molar-refractivity contribution in [3.63, 3.8) is 0 Å². The maximum atomic E-state index is 12.5. The highest BCUT2D eigenvalue weighted by molar-refractivity contribution is 6.09. The fraction of sp³-hybridized carbons (Fsp3) is 0.115. The van der Waals surface area contributed by atoms with Crippen molar-refractivity contribution in [2.75, 3.05) is 12.4 Å². The summed E-state index contributed by atoms with van der Waals surface area (Å²) in [4.78, 5) is 25.0. The Kier molecular flexibility index (Phi) is 7.04. The predicted octanol–water partition coefficient (Wildman–Crippen LogP) is 5.08. The van der Waals surface area contributed by atoms with E-state index in [0.717, 1.165) is 11.1 Å². The second-order valence-electron chi connectivity index (χ2n) is 7.16. The molecule has 0 aliphatic carbocycles. The van der Waals surface area contributed by atoms with Crippen LogP contribution in [0.25, 0.3) is 6.08 Å². The Hall–Kier alpha value is -4.37. The topological polar surface area (TPSA) is 88.4 Å². The molecule has 3 rings (SSSR count). The summed E-state index contributed by atoms with van der Waals surface area (Å²) in [6, 6.07) is 21.0. The molecule has 6 nitrogen and oxygen atoms in total. The first-order valence-corrected chi connectivity index (χ1v) is 9.86. The van der Waals surface area contributed by atoms with Crippen molar-refractivity contribution < 1.29 is 19.1 Å². The molecule has 32 heavy (non-hydrogen) atoms. The quantitative estimate of drug-likeness (QED) is 0.257. The fourth-order valence-corrected chi connectivity index (χ4v) is 2.86. The number of aryl methyl sites for hydroxylation is 2. The van der Waals surface area contributed by atoms with Crippen molar-refractivity contribution in [1.29, 1.82) is 5.26 Å². The minimum atomic E-state index is -0.540. The van der Waals surface area contributed by atoms with E-state index in [1.807, 2.05) is 44.2 Å². The normalized spacial score (nSPS) is 10.8. The van der Waals surface area contributed by atoms with Crippen LogP contribution in [0.4, 0.5) is 5.69 Å². The van der Waals surface area contributed by atoms with Crippen LogP contribution in [0.1, 0.15) is 27.0 Å². The fourth-order valence-electron chi connectivity index (χ4n) is 2.86. The van der Waals surface area contributed by atoms with E-state index < -0.39 is 11.9 Å². The third-order valence-electron chi connectivity index (χ3n) is 4.66. The number of carbonyl (C=O) groups is 2. The molecule has 1 N–H and O–H groups in total. The number of benzene rings is 3. The zero-order chi connectivity index (χ0) is 23.1. The summed E-state index contributed by atoms with van der Waals surface area (Å²) >= 11 is 0. The van der Waals surface area contributed by atoms with Gasteiger partial charge >= 0.3 is 5.97 Å². The number of amides is 1. The van der Waals surface area contributed by atoms with Crippen molar-refractivity contribution in [2.45, 2.75) is 13.8 Å². The van der Waals surface area contributed by atoms with Gasteiger partial charge in [0.2, 0.25) is 0 Å². The van der Waals surface area contributed by atoms with Gasteiger partial charge in [-0.05, 0) is 61.9 Å². The van der Waals surface area contributed by atoms with Gasteiger partial charge in [-0.15, -0.1) is 0 Å². The summed E-state index contributed by atoms with van der Waals surface area (Å²) in [5.41, 5.74) is 3.49. The number of anilines is 1. The predicted molar refractivity (Wildman–Crippen MR) is 123 cm³/mol.